The number of thioether (sulfide) groups is 1. The fraction of sp³-hybridized carbons (Fsp3) is 0.545. The molecule has 4 N–H and O–H groups in total. The summed E-state index contributed by atoms with van der Waals surface area (Å²) >= 11 is 1.54. The number of rotatable bonds is 7. The van der Waals surface area contributed by atoms with Crippen LogP contribution in [0.2, 0.25) is 0 Å². The van der Waals surface area contributed by atoms with Gasteiger partial charge in [0.2, 0.25) is 0 Å². The number of imidazole rings is 1. The minimum absolute atomic E-state index is 0.315. The Morgan fingerprint density at radius 1 is 1.53 bits per heavy atom. The molecule has 0 saturated carbocycles. The maximum Gasteiger partial charge on any atom is 0.326 e. The first kappa shape index (κ1) is 15.4. The zero-order valence-electron chi connectivity index (χ0n) is 10.8. The fourth-order valence-corrected chi connectivity index (χ4v) is 1.94. The number of carbonyl (C=O) groups excluding carboxylic acids is 1. The van der Waals surface area contributed by atoms with E-state index < -0.39 is 18.0 Å². The standard InChI is InChI=1S/C11H18N4O3S/c1-7(9-12-4-5-13-9)14-11(18)15-8(10(16)17)3-6-19-2/h4-5,7-8H,3,6H2,1-2H3,(H,12,13)(H,16,17)(H2,14,15,18). The van der Waals surface area contributed by atoms with Crippen molar-refractivity contribution in [3.63, 3.8) is 0 Å². The van der Waals surface area contributed by atoms with Gasteiger partial charge in [-0.3, -0.25) is 0 Å². The lowest BCUT2D eigenvalue weighted by Crippen LogP contribution is -2.47. The second kappa shape index (κ2) is 7.67. The Balaban J connectivity index is 2.46. The van der Waals surface area contributed by atoms with Crippen LogP contribution in [0.5, 0.6) is 0 Å². The molecule has 106 valence electrons. The first-order valence-corrected chi connectivity index (χ1v) is 7.22. The number of hydrogen-bond donors (Lipinski definition) is 4. The van der Waals surface area contributed by atoms with Gasteiger partial charge in [0, 0.05) is 12.4 Å². The molecule has 2 amide bonds. The molecule has 0 radical (unpaired) electrons. The molecule has 19 heavy (non-hydrogen) atoms. The van der Waals surface area contributed by atoms with Crippen molar-refractivity contribution in [2.75, 3.05) is 12.0 Å². The van der Waals surface area contributed by atoms with Crippen LogP contribution in [0, 0.1) is 0 Å². The van der Waals surface area contributed by atoms with Gasteiger partial charge in [-0.25, -0.2) is 14.6 Å². The van der Waals surface area contributed by atoms with Crippen LogP contribution < -0.4 is 10.6 Å². The highest BCUT2D eigenvalue weighted by atomic mass is 32.2. The van der Waals surface area contributed by atoms with Crippen LogP contribution in [0.3, 0.4) is 0 Å². The van der Waals surface area contributed by atoms with Crippen LogP contribution in [-0.4, -0.2) is 45.1 Å². The van der Waals surface area contributed by atoms with Gasteiger partial charge in [-0.15, -0.1) is 0 Å². The maximum absolute atomic E-state index is 11.7. The Morgan fingerprint density at radius 2 is 2.26 bits per heavy atom. The highest BCUT2D eigenvalue weighted by Gasteiger charge is 2.20. The smallest absolute Gasteiger partial charge is 0.326 e. The molecule has 1 aromatic heterocycles. The third-order valence-corrected chi connectivity index (χ3v) is 3.14. The van der Waals surface area contributed by atoms with E-state index in [-0.39, 0.29) is 6.04 Å². The average Bonchev–Trinajstić information content (AvgIpc) is 2.87. The van der Waals surface area contributed by atoms with Gasteiger partial charge in [-0.1, -0.05) is 0 Å². The third-order valence-electron chi connectivity index (χ3n) is 2.49. The monoisotopic (exact) mass is 286 g/mol. The Hall–Kier alpha value is -1.70. The predicted octanol–water partition coefficient (Wildman–Crippen LogP) is 0.976. The topological polar surface area (TPSA) is 107 Å². The fourth-order valence-electron chi connectivity index (χ4n) is 1.47. The molecule has 1 aromatic rings. The van der Waals surface area contributed by atoms with Crippen LogP contribution in [0.15, 0.2) is 12.4 Å². The first-order chi connectivity index (χ1) is 9.04. The Labute approximate surface area is 115 Å². The third kappa shape index (κ3) is 5.21. The van der Waals surface area contributed by atoms with Gasteiger partial charge in [-0.05, 0) is 25.4 Å². The van der Waals surface area contributed by atoms with Crippen LogP contribution >= 0.6 is 11.8 Å². The molecule has 7 nitrogen and oxygen atoms in total. The SMILES string of the molecule is CSCCC(NC(=O)NC(C)c1ncc[nH]1)C(=O)O. The lowest BCUT2D eigenvalue weighted by molar-refractivity contribution is -0.139. The summed E-state index contributed by atoms with van der Waals surface area (Å²) in [4.78, 5) is 29.6. The van der Waals surface area contributed by atoms with E-state index in [9.17, 15) is 9.59 Å². The van der Waals surface area contributed by atoms with E-state index in [1.54, 1.807) is 19.3 Å². The number of hydrogen-bond acceptors (Lipinski definition) is 4. The minimum atomic E-state index is -1.03. The van der Waals surface area contributed by atoms with E-state index in [2.05, 4.69) is 20.6 Å². The van der Waals surface area contributed by atoms with E-state index in [0.29, 0.717) is 18.0 Å². The molecular weight excluding hydrogens is 268 g/mol. The normalized spacial score (nSPS) is 13.6. The molecule has 2 unspecified atom stereocenters. The van der Waals surface area contributed by atoms with Crippen LogP contribution in [0.25, 0.3) is 0 Å². The van der Waals surface area contributed by atoms with Crippen molar-refractivity contribution in [1.82, 2.24) is 20.6 Å². The van der Waals surface area contributed by atoms with Crippen LogP contribution in [0.4, 0.5) is 4.79 Å². The molecule has 1 heterocycles. The number of H-pyrrole nitrogens is 1. The van der Waals surface area contributed by atoms with E-state index in [4.69, 9.17) is 5.11 Å². The highest BCUT2D eigenvalue weighted by molar-refractivity contribution is 7.98. The molecule has 2 atom stereocenters. The van der Waals surface area contributed by atoms with Gasteiger partial charge in [0.1, 0.15) is 11.9 Å². The van der Waals surface area contributed by atoms with Gasteiger partial charge in [0.05, 0.1) is 6.04 Å². The number of aromatic nitrogens is 2. The summed E-state index contributed by atoms with van der Waals surface area (Å²) in [6.45, 7) is 1.76. The molecule has 0 bridgehead atoms. The zero-order chi connectivity index (χ0) is 14.3. The van der Waals surface area contributed by atoms with Crippen LogP contribution in [-0.2, 0) is 4.79 Å². The second-order valence-corrected chi connectivity index (χ2v) is 4.97. The van der Waals surface area contributed by atoms with Gasteiger partial charge in [0.15, 0.2) is 0 Å². The van der Waals surface area contributed by atoms with Crippen molar-refractivity contribution < 1.29 is 14.7 Å². The number of nitrogens with zero attached hydrogens (tertiary/aromatic N) is 1. The molecule has 0 aliphatic heterocycles. The Bertz CT molecular complexity index is 410. The summed E-state index contributed by atoms with van der Waals surface area (Å²) in [5.41, 5.74) is 0. The number of carboxylic acid groups (broad SMARTS) is 1. The predicted molar refractivity (Wildman–Crippen MR) is 73.1 cm³/mol. The lowest BCUT2D eigenvalue weighted by Gasteiger charge is -2.17. The van der Waals surface area contributed by atoms with Gasteiger partial charge in [-0.2, -0.15) is 11.8 Å². The summed E-state index contributed by atoms with van der Waals surface area (Å²) in [5, 5.41) is 14.1. The summed E-state index contributed by atoms with van der Waals surface area (Å²) in [7, 11) is 0. The summed E-state index contributed by atoms with van der Waals surface area (Å²) in [5.74, 6) is 0.256. The molecule has 0 aliphatic carbocycles. The number of urea groups is 1. The van der Waals surface area contributed by atoms with Crippen molar-refractivity contribution >= 4 is 23.8 Å². The number of carboxylic acids is 1. The van der Waals surface area contributed by atoms with Crippen molar-refractivity contribution in [2.24, 2.45) is 0 Å². The van der Waals surface area contributed by atoms with E-state index in [0.717, 1.165) is 0 Å². The zero-order valence-corrected chi connectivity index (χ0v) is 11.7. The van der Waals surface area contributed by atoms with Crippen molar-refractivity contribution in [1.29, 1.82) is 0 Å². The van der Waals surface area contributed by atoms with E-state index in [1.807, 2.05) is 6.26 Å². The van der Waals surface area contributed by atoms with Gasteiger partial charge >= 0.3 is 12.0 Å². The van der Waals surface area contributed by atoms with Gasteiger partial charge < -0.3 is 20.7 Å². The first-order valence-electron chi connectivity index (χ1n) is 5.82. The second-order valence-electron chi connectivity index (χ2n) is 3.99. The van der Waals surface area contributed by atoms with Crippen molar-refractivity contribution in [3.05, 3.63) is 18.2 Å². The molecule has 0 saturated heterocycles. The number of amides is 2. The summed E-state index contributed by atoms with van der Waals surface area (Å²) in [6.07, 6.45) is 5.52. The molecule has 0 aromatic carbocycles. The Morgan fingerprint density at radius 3 is 2.79 bits per heavy atom. The molecule has 8 heteroatoms. The lowest BCUT2D eigenvalue weighted by atomic mass is 10.2. The minimum Gasteiger partial charge on any atom is -0.480 e. The number of nitrogens with one attached hydrogen (secondary N) is 3. The van der Waals surface area contributed by atoms with Crippen molar-refractivity contribution in [3.8, 4) is 0 Å². The quantitative estimate of drug-likeness (QED) is 0.597. The molecule has 0 aliphatic rings. The summed E-state index contributed by atoms with van der Waals surface area (Å²) < 4.78 is 0. The molecular formula is C11H18N4O3S. The number of carbonyl (C=O) groups is 2. The molecule has 1 rings (SSSR count). The largest absolute Gasteiger partial charge is 0.480 e. The number of aliphatic carboxylic acids is 1. The van der Waals surface area contributed by atoms with Crippen LogP contribution in [0.1, 0.15) is 25.2 Å². The number of aromatic amines is 1. The molecule has 0 spiro atoms. The van der Waals surface area contributed by atoms with Crippen molar-refractivity contribution in [2.45, 2.75) is 25.4 Å². The average molecular weight is 286 g/mol. The highest BCUT2D eigenvalue weighted by Crippen LogP contribution is 2.05. The molecule has 0 fully saturated rings. The summed E-state index contributed by atoms with van der Waals surface area (Å²) in [6, 6.07) is -1.71. The van der Waals surface area contributed by atoms with E-state index in [1.165, 1.54) is 11.8 Å². The van der Waals surface area contributed by atoms with E-state index >= 15 is 0 Å². The van der Waals surface area contributed by atoms with Gasteiger partial charge in [0.25, 0.3) is 0 Å². The maximum atomic E-state index is 11.7. The Kier molecular flexibility index (Phi) is 6.20.